The summed E-state index contributed by atoms with van der Waals surface area (Å²) in [4.78, 5) is 0.218. The van der Waals surface area contributed by atoms with Crippen molar-refractivity contribution in [1.29, 1.82) is 0 Å². The van der Waals surface area contributed by atoms with Gasteiger partial charge in [-0.1, -0.05) is 36.7 Å². The van der Waals surface area contributed by atoms with Gasteiger partial charge in [0.2, 0.25) is 0 Å². The monoisotopic (exact) mass is 262 g/mol. The molecular weight excluding hydrogens is 251 g/mol. The van der Waals surface area contributed by atoms with E-state index >= 15 is 0 Å². The molecule has 1 aromatic carbocycles. The first-order valence-electron chi connectivity index (χ1n) is 4.93. The Labute approximate surface area is 99.3 Å². The van der Waals surface area contributed by atoms with Gasteiger partial charge in [-0.25, -0.2) is 12.8 Å². The smallest absolute Gasteiger partial charge is 0.190 e. The molecule has 1 aromatic rings. The highest BCUT2D eigenvalue weighted by atomic mass is 35.5. The van der Waals surface area contributed by atoms with Crippen molar-refractivity contribution in [3.8, 4) is 0 Å². The number of halogens is 2. The number of sulfone groups is 1. The Morgan fingerprint density at radius 2 is 1.88 bits per heavy atom. The number of benzene rings is 1. The molecule has 2 nitrogen and oxygen atoms in total. The van der Waals surface area contributed by atoms with Crippen LogP contribution in [0.3, 0.4) is 0 Å². The molecule has 0 heterocycles. The van der Waals surface area contributed by atoms with E-state index in [0.29, 0.717) is 0 Å². The van der Waals surface area contributed by atoms with Crippen LogP contribution >= 0.6 is 11.6 Å². The van der Waals surface area contributed by atoms with E-state index in [2.05, 4.69) is 0 Å². The summed E-state index contributed by atoms with van der Waals surface area (Å²) in [6.07, 6.45) is 0.0909. The number of rotatable bonds is 3. The van der Waals surface area contributed by atoms with E-state index in [0.717, 1.165) is 0 Å². The summed E-state index contributed by atoms with van der Waals surface area (Å²) in [6, 6.07) is 8.04. The molecular formula is C11H12ClFO2S. The van der Waals surface area contributed by atoms with Crippen molar-refractivity contribution in [2.75, 3.05) is 5.75 Å². The number of hydrogen-bond donors (Lipinski definition) is 0. The van der Waals surface area contributed by atoms with E-state index < -0.39 is 20.4 Å². The minimum Gasteiger partial charge on any atom is -0.226 e. The van der Waals surface area contributed by atoms with Gasteiger partial charge in [-0.15, -0.1) is 0 Å². The molecule has 1 saturated carbocycles. The van der Waals surface area contributed by atoms with Crippen molar-refractivity contribution in [1.82, 2.24) is 0 Å². The second-order valence-electron chi connectivity index (χ2n) is 4.51. The zero-order valence-corrected chi connectivity index (χ0v) is 10.4. The molecule has 0 aliphatic heterocycles. The summed E-state index contributed by atoms with van der Waals surface area (Å²) in [5.41, 5.74) is -0.955. The molecule has 2 atom stereocenters. The van der Waals surface area contributed by atoms with Gasteiger partial charge in [0.1, 0.15) is 0 Å². The fourth-order valence-electron chi connectivity index (χ4n) is 1.73. The Kier molecular flexibility index (Phi) is 2.55. The molecule has 88 valence electrons. The van der Waals surface area contributed by atoms with Gasteiger partial charge < -0.3 is 0 Å². The Balaban J connectivity index is 2.24. The van der Waals surface area contributed by atoms with Crippen LogP contribution in [0.5, 0.6) is 0 Å². The van der Waals surface area contributed by atoms with Crippen LogP contribution in [0.15, 0.2) is 35.2 Å². The molecule has 1 aliphatic rings. The lowest BCUT2D eigenvalue weighted by Gasteiger charge is -2.11. The van der Waals surface area contributed by atoms with Crippen molar-refractivity contribution in [3.05, 3.63) is 30.3 Å². The largest absolute Gasteiger partial charge is 0.226 e. The quantitative estimate of drug-likeness (QED) is 0.785. The molecule has 0 bridgehead atoms. The van der Waals surface area contributed by atoms with Crippen LogP contribution in [0.4, 0.5) is 4.39 Å². The predicted octanol–water partition coefficient (Wildman–Crippen LogP) is 2.77. The maximum atomic E-state index is 13.4. The minimum atomic E-state index is -3.45. The highest BCUT2D eigenvalue weighted by Crippen LogP contribution is 2.62. The van der Waals surface area contributed by atoms with Gasteiger partial charge >= 0.3 is 0 Å². The first kappa shape index (κ1) is 11.9. The van der Waals surface area contributed by atoms with Crippen molar-refractivity contribution in [3.63, 3.8) is 0 Å². The molecule has 16 heavy (non-hydrogen) atoms. The van der Waals surface area contributed by atoms with Crippen molar-refractivity contribution < 1.29 is 12.8 Å². The zero-order chi connectivity index (χ0) is 12.0. The molecule has 2 unspecified atom stereocenters. The molecule has 0 N–H and O–H groups in total. The molecule has 1 fully saturated rings. The van der Waals surface area contributed by atoms with Gasteiger partial charge in [-0.05, 0) is 12.1 Å². The molecule has 0 spiro atoms. The SMILES string of the molecule is CC1(CS(=O)(=O)c2ccccc2)CC1(F)Cl. The van der Waals surface area contributed by atoms with E-state index in [1.807, 2.05) is 0 Å². The second-order valence-corrected chi connectivity index (χ2v) is 7.10. The number of alkyl halides is 2. The second kappa shape index (κ2) is 3.44. The van der Waals surface area contributed by atoms with Crippen LogP contribution in [0.25, 0.3) is 0 Å². The fraction of sp³-hybridized carbons (Fsp3) is 0.455. The molecule has 0 aromatic heterocycles. The normalized spacial score (nSPS) is 33.7. The van der Waals surface area contributed by atoms with E-state index in [4.69, 9.17) is 11.6 Å². The third-order valence-corrected chi connectivity index (χ3v) is 5.58. The van der Waals surface area contributed by atoms with E-state index in [-0.39, 0.29) is 17.1 Å². The Morgan fingerprint density at radius 3 is 2.31 bits per heavy atom. The summed E-state index contributed by atoms with van der Waals surface area (Å²) in [5.74, 6) is -0.246. The third kappa shape index (κ3) is 1.96. The van der Waals surface area contributed by atoms with Gasteiger partial charge in [-0.2, -0.15) is 0 Å². The van der Waals surface area contributed by atoms with Gasteiger partial charge in [0, 0.05) is 11.8 Å². The maximum Gasteiger partial charge on any atom is 0.190 e. The zero-order valence-electron chi connectivity index (χ0n) is 8.78. The van der Waals surface area contributed by atoms with Crippen molar-refractivity contribution in [2.45, 2.75) is 23.4 Å². The highest BCUT2D eigenvalue weighted by molar-refractivity contribution is 7.91. The summed E-state index contributed by atoms with van der Waals surface area (Å²) >= 11 is 5.51. The van der Waals surface area contributed by atoms with Crippen LogP contribution in [0.1, 0.15) is 13.3 Å². The van der Waals surface area contributed by atoms with Crippen molar-refractivity contribution in [2.24, 2.45) is 5.41 Å². The average molecular weight is 263 g/mol. The lowest BCUT2D eigenvalue weighted by Crippen LogP contribution is -2.19. The topological polar surface area (TPSA) is 34.1 Å². The lowest BCUT2D eigenvalue weighted by molar-refractivity contribution is 0.351. The van der Waals surface area contributed by atoms with Gasteiger partial charge in [0.05, 0.1) is 10.6 Å². The van der Waals surface area contributed by atoms with Crippen LogP contribution in [-0.4, -0.2) is 19.3 Å². The third-order valence-electron chi connectivity index (χ3n) is 2.98. The molecule has 0 saturated heterocycles. The number of hydrogen-bond acceptors (Lipinski definition) is 2. The highest BCUT2D eigenvalue weighted by Gasteiger charge is 2.66. The molecule has 5 heteroatoms. The van der Waals surface area contributed by atoms with Gasteiger partial charge in [-0.3, -0.25) is 0 Å². The minimum absolute atomic E-state index is 0.0909. The molecule has 0 radical (unpaired) electrons. The Bertz CT molecular complexity index is 498. The van der Waals surface area contributed by atoms with Gasteiger partial charge in [0.25, 0.3) is 0 Å². The van der Waals surface area contributed by atoms with E-state index in [1.165, 1.54) is 12.1 Å². The fourth-order valence-corrected chi connectivity index (χ4v) is 4.08. The van der Waals surface area contributed by atoms with Crippen LogP contribution < -0.4 is 0 Å². The van der Waals surface area contributed by atoms with Crippen LogP contribution in [0, 0.1) is 5.41 Å². The Hall–Kier alpha value is -0.610. The maximum absolute atomic E-state index is 13.4. The van der Waals surface area contributed by atoms with Crippen LogP contribution in [0.2, 0.25) is 0 Å². The predicted molar refractivity (Wildman–Crippen MR) is 60.9 cm³/mol. The average Bonchev–Trinajstić information content (AvgIpc) is 2.65. The van der Waals surface area contributed by atoms with Gasteiger partial charge in [0.15, 0.2) is 15.0 Å². The summed E-state index contributed by atoms with van der Waals surface area (Å²) in [6.45, 7) is 1.56. The summed E-state index contributed by atoms with van der Waals surface area (Å²) in [7, 11) is -3.45. The summed E-state index contributed by atoms with van der Waals surface area (Å²) in [5, 5.41) is -1.87. The summed E-state index contributed by atoms with van der Waals surface area (Å²) < 4.78 is 37.3. The first-order valence-corrected chi connectivity index (χ1v) is 6.96. The first-order chi connectivity index (χ1) is 7.27. The lowest BCUT2D eigenvalue weighted by atomic mass is 10.2. The van der Waals surface area contributed by atoms with E-state index in [1.54, 1.807) is 25.1 Å². The van der Waals surface area contributed by atoms with E-state index in [9.17, 15) is 12.8 Å². The Morgan fingerprint density at radius 1 is 1.38 bits per heavy atom. The van der Waals surface area contributed by atoms with Crippen LogP contribution in [-0.2, 0) is 9.84 Å². The molecule has 2 rings (SSSR count). The molecule has 0 amide bonds. The molecule has 1 aliphatic carbocycles. The van der Waals surface area contributed by atoms with Crippen molar-refractivity contribution >= 4 is 21.4 Å². The standard InChI is InChI=1S/C11H12ClFO2S/c1-10(7-11(10,12)13)8-16(14,15)9-5-3-2-4-6-9/h2-6H,7-8H2,1H3.